The number of hydrogen-bond acceptors (Lipinski definition) is 10. The molecule has 4 atom stereocenters. The van der Waals surface area contributed by atoms with Gasteiger partial charge in [0.1, 0.15) is 23.7 Å². The van der Waals surface area contributed by atoms with Crippen LogP contribution in [0.3, 0.4) is 0 Å². The number of carbonyl (C=O) groups is 4. The van der Waals surface area contributed by atoms with Gasteiger partial charge in [0, 0.05) is 18.4 Å². The molecule has 1 unspecified atom stereocenters. The van der Waals surface area contributed by atoms with Gasteiger partial charge in [0.2, 0.25) is 5.91 Å². The number of nitrogens with one attached hydrogen (secondary N) is 4. The SMILES string of the molecule is COC(=O)NC(C(=O)N1CC2(C[C@H]1c1ncc(-c3ccc(-c4ccc5c(ccc6[nH]c([C@@H]7CCCN7C(=O)[C@H](NC(=O)OC)c7ccccc7)nc65)c4)cc3)[nH]1)OCCO2)C(C)C. The lowest BCUT2D eigenvalue weighted by Crippen LogP contribution is -2.52. The standard InChI is InChI=1S/C47H50N8O8/c1-27(2)38(52-45(58)60-3)43(56)55-26-47(62-21-22-63-47)24-37(55)41-48-25-35(50-41)29-14-12-28(13-15-29)31-16-18-33-32(23-31)17-19-34-40(33)51-42(49-34)36-11-8-20-54(36)44(57)39(53-46(59)61-4)30-9-6-5-7-10-30/h5-7,9-10,12-19,23,25,27,36-39H,8,11,20-22,24,26H2,1-4H3,(H,48,50)(H,49,51)(H,52,58)(H,53,59)/t36-,37-,38?,39+/m0/s1. The molecule has 2 aromatic heterocycles. The second kappa shape index (κ2) is 17.2. The van der Waals surface area contributed by atoms with Crippen molar-refractivity contribution in [3.63, 3.8) is 0 Å². The number of imidazole rings is 2. The molecule has 0 radical (unpaired) electrons. The van der Waals surface area contributed by atoms with Crippen LogP contribution in [0.2, 0.25) is 0 Å². The first-order chi connectivity index (χ1) is 30.5. The Kier molecular flexibility index (Phi) is 11.3. The maximum Gasteiger partial charge on any atom is 0.407 e. The van der Waals surface area contributed by atoms with E-state index >= 15 is 0 Å². The molecule has 5 heterocycles. The number of alkyl carbamates (subject to hydrolysis) is 2. The molecule has 9 rings (SSSR count). The van der Waals surface area contributed by atoms with Gasteiger partial charge in [0.25, 0.3) is 5.91 Å². The smallest absolute Gasteiger partial charge is 0.407 e. The first kappa shape index (κ1) is 41.6. The highest BCUT2D eigenvalue weighted by atomic mass is 16.7. The number of hydrogen-bond donors (Lipinski definition) is 4. The zero-order valence-corrected chi connectivity index (χ0v) is 35.6. The van der Waals surface area contributed by atoms with E-state index in [2.05, 4.69) is 57.0 Å². The van der Waals surface area contributed by atoms with E-state index in [4.69, 9.17) is 28.9 Å². The molecule has 3 aliphatic heterocycles. The molecule has 1 spiro atoms. The minimum absolute atomic E-state index is 0.197. The Hall–Kier alpha value is -6.78. The number of carbonyl (C=O) groups excluding carboxylic acids is 4. The van der Waals surface area contributed by atoms with Crippen molar-refractivity contribution in [1.82, 2.24) is 40.4 Å². The summed E-state index contributed by atoms with van der Waals surface area (Å²) in [7, 11) is 2.55. The molecule has 326 valence electrons. The van der Waals surface area contributed by atoms with Crippen LogP contribution >= 0.6 is 0 Å². The highest BCUT2D eigenvalue weighted by Crippen LogP contribution is 2.43. The molecule has 4 N–H and O–H groups in total. The third-order valence-electron chi connectivity index (χ3n) is 12.4. The van der Waals surface area contributed by atoms with Crippen LogP contribution in [0.4, 0.5) is 9.59 Å². The van der Waals surface area contributed by atoms with Crippen LogP contribution in [0.25, 0.3) is 44.2 Å². The van der Waals surface area contributed by atoms with Crippen LogP contribution in [0.15, 0.2) is 91.1 Å². The Labute approximate surface area is 363 Å². The van der Waals surface area contributed by atoms with Crippen LogP contribution in [-0.2, 0) is 28.5 Å². The number of fused-ring (bicyclic) bond motifs is 3. The van der Waals surface area contributed by atoms with Crippen molar-refractivity contribution in [2.24, 2.45) is 5.92 Å². The Bertz CT molecular complexity index is 2660. The molecule has 0 saturated carbocycles. The fourth-order valence-corrected chi connectivity index (χ4v) is 9.14. The summed E-state index contributed by atoms with van der Waals surface area (Å²) in [6, 6.07) is 25.3. The molecule has 3 aliphatic rings. The average Bonchev–Trinajstić information content (AvgIpc) is 4.17. The van der Waals surface area contributed by atoms with E-state index < -0.39 is 36.1 Å². The number of rotatable bonds is 10. The predicted molar refractivity (Wildman–Crippen MR) is 233 cm³/mol. The molecular formula is C47H50N8O8. The summed E-state index contributed by atoms with van der Waals surface area (Å²) >= 11 is 0. The van der Waals surface area contributed by atoms with Gasteiger partial charge in [0.05, 0.1) is 69.0 Å². The first-order valence-corrected chi connectivity index (χ1v) is 21.3. The minimum atomic E-state index is -0.942. The molecule has 4 amide bonds. The van der Waals surface area contributed by atoms with Gasteiger partial charge in [-0.05, 0) is 58.5 Å². The van der Waals surface area contributed by atoms with Crippen molar-refractivity contribution >= 4 is 45.8 Å². The number of benzene rings is 4. The molecule has 3 fully saturated rings. The maximum absolute atomic E-state index is 14.1. The number of H-pyrrole nitrogens is 2. The zero-order valence-electron chi connectivity index (χ0n) is 35.6. The van der Waals surface area contributed by atoms with E-state index in [1.807, 2.05) is 62.4 Å². The molecule has 16 nitrogen and oxygen atoms in total. The largest absolute Gasteiger partial charge is 0.453 e. The van der Waals surface area contributed by atoms with E-state index in [0.29, 0.717) is 43.4 Å². The number of aromatic amines is 2. The van der Waals surface area contributed by atoms with Gasteiger partial charge < -0.3 is 49.3 Å². The zero-order chi connectivity index (χ0) is 43.8. The lowest BCUT2D eigenvalue weighted by Gasteiger charge is -2.30. The fraction of sp³-hybridized carbons (Fsp3) is 0.362. The summed E-state index contributed by atoms with van der Waals surface area (Å²) in [5.74, 6) is -0.319. The van der Waals surface area contributed by atoms with Crippen LogP contribution in [0.1, 0.15) is 68.4 Å². The summed E-state index contributed by atoms with van der Waals surface area (Å²) in [4.78, 5) is 72.8. The molecule has 16 heteroatoms. The highest BCUT2D eigenvalue weighted by molar-refractivity contribution is 6.05. The topological polar surface area (TPSA) is 193 Å². The molecule has 6 aromatic rings. The number of amides is 4. The average molecular weight is 855 g/mol. The van der Waals surface area contributed by atoms with E-state index in [-0.39, 0.29) is 30.3 Å². The Balaban J connectivity index is 0.931. The van der Waals surface area contributed by atoms with Crippen molar-refractivity contribution in [3.05, 3.63) is 108 Å². The van der Waals surface area contributed by atoms with Gasteiger partial charge in [-0.25, -0.2) is 19.6 Å². The van der Waals surface area contributed by atoms with Gasteiger partial charge in [-0.15, -0.1) is 0 Å². The third kappa shape index (κ3) is 8.07. The van der Waals surface area contributed by atoms with Crippen LogP contribution in [-0.4, -0.2) is 106 Å². The second-order valence-corrected chi connectivity index (χ2v) is 16.6. The van der Waals surface area contributed by atoms with Crippen LogP contribution < -0.4 is 10.6 Å². The third-order valence-corrected chi connectivity index (χ3v) is 12.4. The fourth-order valence-electron chi connectivity index (χ4n) is 9.14. The Morgan fingerprint density at radius 2 is 1.51 bits per heavy atom. The number of ether oxygens (including phenoxy) is 4. The maximum atomic E-state index is 14.1. The van der Waals surface area contributed by atoms with Gasteiger partial charge in [-0.1, -0.05) is 86.6 Å². The summed E-state index contributed by atoms with van der Waals surface area (Å²) in [5.41, 5.74) is 6.15. The van der Waals surface area contributed by atoms with Crippen molar-refractivity contribution in [2.45, 2.75) is 63.1 Å². The van der Waals surface area contributed by atoms with Crippen molar-refractivity contribution in [1.29, 1.82) is 0 Å². The summed E-state index contributed by atoms with van der Waals surface area (Å²) in [6.07, 6.45) is 2.35. The van der Waals surface area contributed by atoms with Crippen LogP contribution in [0, 0.1) is 5.92 Å². The normalized spacial score (nSPS) is 19.2. The summed E-state index contributed by atoms with van der Waals surface area (Å²) < 4.78 is 21.7. The van der Waals surface area contributed by atoms with E-state index in [1.165, 1.54) is 14.2 Å². The van der Waals surface area contributed by atoms with Gasteiger partial charge in [-0.3, -0.25) is 9.59 Å². The predicted octanol–water partition coefficient (Wildman–Crippen LogP) is 6.93. The van der Waals surface area contributed by atoms with Crippen molar-refractivity contribution in [3.8, 4) is 22.4 Å². The van der Waals surface area contributed by atoms with Gasteiger partial charge >= 0.3 is 12.2 Å². The summed E-state index contributed by atoms with van der Waals surface area (Å²) in [6.45, 7) is 5.36. The van der Waals surface area contributed by atoms with Crippen molar-refractivity contribution in [2.75, 3.05) is 40.5 Å². The quantitative estimate of drug-likeness (QED) is 0.112. The molecule has 4 aromatic carbocycles. The monoisotopic (exact) mass is 854 g/mol. The Morgan fingerprint density at radius 1 is 0.794 bits per heavy atom. The molecule has 0 bridgehead atoms. The molecule has 63 heavy (non-hydrogen) atoms. The van der Waals surface area contributed by atoms with Gasteiger partial charge in [-0.2, -0.15) is 0 Å². The highest BCUT2D eigenvalue weighted by Gasteiger charge is 2.53. The molecule has 3 saturated heterocycles. The number of likely N-dealkylation sites (tertiary alicyclic amines) is 2. The number of nitrogens with zero attached hydrogens (tertiary/aromatic N) is 4. The molecular weight excluding hydrogens is 805 g/mol. The minimum Gasteiger partial charge on any atom is -0.453 e. The molecule has 0 aliphatic carbocycles. The summed E-state index contributed by atoms with van der Waals surface area (Å²) in [5, 5.41) is 7.44. The van der Waals surface area contributed by atoms with Crippen LogP contribution in [0.5, 0.6) is 0 Å². The second-order valence-electron chi connectivity index (χ2n) is 16.6. The number of aromatic nitrogens is 4. The number of methoxy groups -OCH3 is 2. The van der Waals surface area contributed by atoms with E-state index in [0.717, 1.165) is 57.0 Å². The first-order valence-electron chi connectivity index (χ1n) is 21.3. The van der Waals surface area contributed by atoms with E-state index in [9.17, 15) is 19.2 Å². The Morgan fingerprint density at radius 3 is 2.24 bits per heavy atom. The van der Waals surface area contributed by atoms with E-state index in [1.54, 1.807) is 16.0 Å². The van der Waals surface area contributed by atoms with Gasteiger partial charge in [0.15, 0.2) is 5.79 Å². The lowest BCUT2D eigenvalue weighted by molar-refractivity contribution is -0.153. The van der Waals surface area contributed by atoms with Crippen molar-refractivity contribution < 1.29 is 38.1 Å². The lowest BCUT2D eigenvalue weighted by atomic mass is 9.99.